The molecule has 0 atom stereocenters. The predicted octanol–water partition coefficient (Wildman–Crippen LogP) is 0.746. The maximum Gasteiger partial charge on any atom is 0.336 e. The second-order valence-electron chi connectivity index (χ2n) is 4.31. The molecule has 1 aromatic carbocycles. The Morgan fingerprint density at radius 3 is 2.59 bits per heavy atom. The van der Waals surface area contributed by atoms with Gasteiger partial charge in [0.2, 0.25) is 21.6 Å². The first-order valence-corrected chi connectivity index (χ1v) is 8.66. The average Bonchev–Trinajstić information content (AvgIpc) is 2.91. The minimum absolute atomic E-state index is 0.120. The fraction of sp³-hybridized carbons (Fsp3) is 0.250. The fourth-order valence-electron chi connectivity index (χ4n) is 1.55. The standard InChI is InChI=1S/C12H13BrN4O4S/c13-8-1-3-9(4-2-8)15-10(18)7-22(19,20)12-17-16-11(21-12)5-6-14/h1-4H,5-7,14H2,(H,15,18). The number of aromatic nitrogens is 2. The van der Waals surface area contributed by atoms with Crippen molar-refractivity contribution in [2.24, 2.45) is 5.73 Å². The van der Waals surface area contributed by atoms with Crippen LogP contribution in [0.4, 0.5) is 5.69 Å². The number of hydrogen-bond donors (Lipinski definition) is 2. The average molecular weight is 389 g/mol. The van der Waals surface area contributed by atoms with Gasteiger partial charge in [-0.25, -0.2) is 8.42 Å². The molecule has 0 saturated heterocycles. The number of nitrogens with zero attached hydrogens (tertiary/aromatic N) is 2. The summed E-state index contributed by atoms with van der Waals surface area (Å²) in [5.41, 5.74) is 5.80. The monoisotopic (exact) mass is 388 g/mol. The van der Waals surface area contributed by atoms with Crippen LogP contribution in [0.25, 0.3) is 0 Å². The molecule has 1 heterocycles. The van der Waals surface area contributed by atoms with Gasteiger partial charge in [-0.05, 0) is 24.3 Å². The Labute approximate surface area is 135 Å². The van der Waals surface area contributed by atoms with Crippen LogP contribution in [0.1, 0.15) is 5.89 Å². The summed E-state index contributed by atoms with van der Waals surface area (Å²) < 4.78 is 29.8. The number of rotatable bonds is 6. The highest BCUT2D eigenvalue weighted by Crippen LogP contribution is 2.15. The van der Waals surface area contributed by atoms with Crippen molar-refractivity contribution >= 4 is 37.4 Å². The van der Waals surface area contributed by atoms with Gasteiger partial charge in [0, 0.05) is 23.1 Å². The molecular formula is C12H13BrN4O4S. The van der Waals surface area contributed by atoms with Crippen molar-refractivity contribution in [3.63, 3.8) is 0 Å². The van der Waals surface area contributed by atoms with Crippen molar-refractivity contribution in [2.75, 3.05) is 17.6 Å². The van der Waals surface area contributed by atoms with Crippen LogP contribution in [-0.2, 0) is 21.1 Å². The van der Waals surface area contributed by atoms with E-state index < -0.39 is 26.7 Å². The molecule has 0 aliphatic rings. The van der Waals surface area contributed by atoms with Gasteiger partial charge in [-0.1, -0.05) is 21.0 Å². The molecule has 118 valence electrons. The third-order valence-electron chi connectivity index (χ3n) is 2.52. The van der Waals surface area contributed by atoms with Gasteiger partial charge in [0.1, 0.15) is 5.75 Å². The molecule has 0 aliphatic carbocycles. The largest absolute Gasteiger partial charge is 0.412 e. The van der Waals surface area contributed by atoms with Crippen molar-refractivity contribution in [1.82, 2.24) is 10.2 Å². The summed E-state index contributed by atoms with van der Waals surface area (Å²) >= 11 is 3.26. The molecule has 0 unspecified atom stereocenters. The van der Waals surface area contributed by atoms with Crippen molar-refractivity contribution in [3.05, 3.63) is 34.6 Å². The smallest absolute Gasteiger partial charge is 0.336 e. The first kappa shape index (κ1) is 16.6. The Morgan fingerprint density at radius 1 is 1.27 bits per heavy atom. The number of nitrogens with two attached hydrogens (primary N) is 1. The topological polar surface area (TPSA) is 128 Å². The summed E-state index contributed by atoms with van der Waals surface area (Å²) in [6.45, 7) is 0.256. The third kappa shape index (κ3) is 4.36. The SMILES string of the molecule is NCCc1nnc(S(=O)(=O)CC(=O)Nc2ccc(Br)cc2)o1. The molecule has 1 aromatic heterocycles. The molecule has 3 N–H and O–H groups in total. The number of hydrogen-bond acceptors (Lipinski definition) is 7. The lowest BCUT2D eigenvalue weighted by atomic mass is 10.3. The first-order valence-electron chi connectivity index (χ1n) is 6.21. The summed E-state index contributed by atoms with van der Waals surface area (Å²) in [5, 5.41) is 8.89. The number of anilines is 1. The van der Waals surface area contributed by atoms with Gasteiger partial charge in [0.25, 0.3) is 0 Å². The number of carbonyl (C=O) groups excluding carboxylic acids is 1. The van der Waals surface area contributed by atoms with E-state index in [1.807, 2.05) is 0 Å². The molecule has 10 heteroatoms. The van der Waals surface area contributed by atoms with Gasteiger partial charge in [-0.2, -0.15) is 0 Å². The molecule has 0 aliphatic heterocycles. The first-order chi connectivity index (χ1) is 10.4. The fourth-order valence-corrected chi connectivity index (χ4v) is 2.75. The van der Waals surface area contributed by atoms with Crippen LogP contribution in [0.15, 0.2) is 38.4 Å². The van der Waals surface area contributed by atoms with Crippen LogP contribution in [0, 0.1) is 0 Å². The zero-order valence-corrected chi connectivity index (χ0v) is 13.7. The third-order valence-corrected chi connectivity index (χ3v) is 4.39. The molecule has 0 spiro atoms. The second-order valence-corrected chi connectivity index (χ2v) is 7.10. The minimum atomic E-state index is -3.99. The normalized spacial score (nSPS) is 11.4. The summed E-state index contributed by atoms with van der Waals surface area (Å²) in [7, 11) is -3.99. The molecule has 0 saturated carbocycles. The number of halogens is 1. The lowest BCUT2D eigenvalue weighted by Crippen LogP contribution is -2.23. The highest BCUT2D eigenvalue weighted by Gasteiger charge is 2.25. The molecular weight excluding hydrogens is 376 g/mol. The Balaban J connectivity index is 2.04. The lowest BCUT2D eigenvalue weighted by Gasteiger charge is -2.04. The Kier molecular flexibility index (Phi) is 5.27. The van der Waals surface area contributed by atoms with E-state index in [0.717, 1.165) is 4.47 Å². The summed E-state index contributed by atoms with van der Waals surface area (Å²) in [6, 6.07) is 6.73. The van der Waals surface area contributed by atoms with E-state index in [0.29, 0.717) is 5.69 Å². The van der Waals surface area contributed by atoms with E-state index in [1.165, 1.54) is 0 Å². The van der Waals surface area contributed by atoms with E-state index >= 15 is 0 Å². The number of nitrogens with one attached hydrogen (secondary N) is 1. The summed E-state index contributed by atoms with van der Waals surface area (Å²) in [4.78, 5) is 11.8. The quantitative estimate of drug-likeness (QED) is 0.746. The number of benzene rings is 1. The molecule has 2 rings (SSSR count). The molecule has 22 heavy (non-hydrogen) atoms. The molecule has 0 bridgehead atoms. The van der Waals surface area contributed by atoms with E-state index in [4.69, 9.17) is 10.2 Å². The van der Waals surface area contributed by atoms with Crippen molar-refractivity contribution < 1.29 is 17.6 Å². The Morgan fingerprint density at radius 2 is 1.95 bits per heavy atom. The number of carbonyl (C=O) groups is 1. The van der Waals surface area contributed by atoms with Gasteiger partial charge in [-0.15, -0.1) is 5.10 Å². The molecule has 8 nitrogen and oxygen atoms in total. The van der Waals surface area contributed by atoms with E-state index in [-0.39, 0.29) is 18.9 Å². The maximum absolute atomic E-state index is 12.0. The van der Waals surface area contributed by atoms with Crippen molar-refractivity contribution in [1.29, 1.82) is 0 Å². The Bertz CT molecular complexity index is 758. The zero-order valence-electron chi connectivity index (χ0n) is 11.3. The molecule has 2 aromatic rings. The summed E-state index contributed by atoms with van der Waals surface area (Å²) in [6.07, 6.45) is 0.271. The van der Waals surface area contributed by atoms with E-state index in [9.17, 15) is 13.2 Å². The van der Waals surface area contributed by atoms with Crippen LogP contribution in [0.2, 0.25) is 0 Å². The number of amides is 1. The molecule has 1 amide bonds. The second kappa shape index (κ2) is 6.99. The van der Waals surface area contributed by atoms with Gasteiger partial charge in [-0.3, -0.25) is 4.79 Å². The van der Waals surface area contributed by atoms with Gasteiger partial charge in [0.05, 0.1) is 0 Å². The summed E-state index contributed by atoms with van der Waals surface area (Å²) in [5.74, 6) is -1.36. The highest BCUT2D eigenvalue weighted by molar-refractivity contribution is 9.10. The van der Waals surface area contributed by atoms with Crippen molar-refractivity contribution in [2.45, 2.75) is 11.6 Å². The Hall–Kier alpha value is -1.78. The maximum atomic E-state index is 12.0. The van der Waals surface area contributed by atoms with Gasteiger partial charge in [0.15, 0.2) is 0 Å². The zero-order chi connectivity index (χ0) is 16.2. The predicted molar refractivity (Wildman–Crippen MR) is 81.9 cm³/mol. The number of sulfone groups is 1. The van der Waals surface area contributed by atoms with Crippen LogP contribution in [0.3, 0.4) is 0 Å². The van der Waals surface area contributed by atoms with E-state index in [1.54, 1.807) is 24.3 Å². The van der Waals surface area contributed by atoms with Gasteiger partial charge >= 0.3 is 5.22 Å². The molecule has 0 fully saturated rings. The van der Waals surface area contributed by atoms with Crippen LogP contribution >= 0.6 is 15.9 Å². The van der Waals surface area contributed by atoms with Crippen molar-refractivity contribution in [3.8, 4) is 0 Å². The van der Waals surface area contributed by atoms with Crippen LogP contribution in [0.5, 0.6) is 0 Å². The van der Waals surface area contributed by atoms with E-state index in [2.05, 4.69) is 31.4 Å². The molecule has 0 radical (unpaired) electrons. The minimum Gasteiger partial charge on any atom is -0.412 e. The van der Waals surface area contributed by atoms with Crippen LogP contribution in [-0.4, -0.2) is 36.8 Å². The van der Waals surface area contributed by atoms with Crippen LogP contribution < -0.4 is 11.1 Å². The van der Waals surface area contributed by atoms with Gasteiger partial charge < -0.3 is 15.5 Å². The lowest BCUT2D eigenvalue weighted by molar-refractivity contribution is -0.113. The highest BCUT2D eigenvalue weighted by atomic mass is 79.9.